The van der Waals surface area contributed by atoms with Crippen LogP contribution in [0.25, 0.3) is 0 Å². The summed E-state index contributed by atoms with van der Waals surface area (Å²) in [5.41, 5.74) is 5.55. The van der Waals surface area contributed by atoms with E-state index in [0.29, 0.717) is 18.2 Å². The number of sulfone groups is 1. The highest BCUT2D eigenvalue weighted by Gasteiger charge is 2.36. The number of hydrogen-bond donors (Lipinski definition) is 1. The van der Waals surface area contributed by atoms with Crippen LogP contribution in [0.2, 0.25) is 0 Å². The molecule has 2 N–H and O–H groups in total. The molecule has 7 nitrogen and oxygen atoms in total. The Morgan fingerprint density at radius 2 is 2.42 bits per heavy atom. The summed E-state index contributed by atoms with van der Waals surface area (Å²) < 4.78 is 27.9. The molecule has 1 fully saturated rings. The van der Waals surface area contributed by atoms with E-state index in [-0.39, 0.29) is 11.5 Å². The number of rotatable bonds is 3. The van der Waals surface area contributed by atoms with Crippen molar-refractivity contribution < 1.29 is 17.9 Å². The maximum Gasteiger partial charge on any atom is 0.324 e. The van der Waals surface area contributed by atoms with Crippen LogP contribution in [0.5, 0.6) is 0 Å². The normalized spacial score (nSPS) is 23.1. The average Bonchev–Trinajstić information content (AvgIpc) is 2.76. The number of thiazole rings is 1. The third-order valence-corrected chi connectivity index (χ3v) is 5.39. The van der Waals surface area contributed by atoms with Crippen molar-refractivity contribution in [2.75, 3.05) is 30.9 Å². The molecular weight excluding hydrogens is 290 g/mol. The Hall–Kier alpha value is -1.19. The van der Waals surface area contributed by atoms with Crippen LogP contribution >= 0.6 is 11.3 Å². The largest absolute Gasteiger partial charge is 0.468 e. The Bertz CT molecular complexity index is 569. The zero-order valence-corrected chi connectivity index (χ0v) is 12.0. The molecule has 0 aliphatic carbocycles. The van der Waals surface area contributed by atoms with E-state index in [1.165, 1.54) is 18.4 Å². The summed E-state index contributed by atoms with van der Waals surface area (Å²) in [6, 6.07) is -0.757. The number of anilines is 1. The summed E-state index contributed by atoms with van der Waals surface area (Å²) in [5.74, 6) is -0.677. The zero-order chi connectivity index (χ0) is 14.0. The van der Waals surface area contributed by atoms with Gasteiger partial charge in [0.25, 0.3) is 0 Å². The predicted molar refractivity (Wildman–Crippen MR) is 71.4 cm³/mol. The van der Waals surface area contributed by atoms with Crippen LogP contribution in [0.3, 0.4) is 0 Å². The maximum atomic E-state index is 11.7. The quantitative estimate of drug-likeness (QED) is 0.751. The van der Waals surface area contributed by atoms with Gasteiger partial charge in [0.15, 0.2) is 15.0 Å². The first kappa shape index (κ1) is 14.2. The highest BCUT2D eigenvalue weighted by Crippen LogP contribution is 2.21. The van der Waals surface area contributed by atoms with E-state index < -0.39 is 21.8 Å². The van der Waals surface area contributed by atoms with Crippen LogP contribution in [-0.2, 0) is 25.9 Å². The number of nitrogen functional groups attached to an aromatic ring is 1. The van der Waals surface area contributed by atoms with E-state index in [0.717, 1.165) is 4.88 Å². The van der Waals surface area contributed by atoms with Crippen molar-refractivity contribution in [3.63, 3.8) is 0 Å². The highest BCUT2D eigenvalue weighted by atomic mass is 32.2. The molecule has 2 heterocycles. The Balaban J connectivity index is 2.15. The van der Waals surface area contributed by atoms with Gasteiger partial charge in [0.05, 0.1) is 18.6 Å². The van der Waals surface area contributed by atoms with Gasteiger partial charge >= 0.3 is 5.97 Å². The zero-order valence-electron chi connectivity index (χ0n) is 10.4. The Morgan fingerprint density at radius 1 is 1.68 bits per heavy atom. The van der Waals surface area contributed by atoms with Crippen molar-refractivity contribution in [2.24, 2.45) is 0 Å². The molecule has 0 spiro atoms. The van der Waals surface area contributed by atoms with Crippen LogP contribution in [-0.4, -0.2) is 55.5 Å². The molecule has 0 saturated carbocycles. The van der Waals surface area contributed by atoms with E-state index in [1.54, 1.807) is 11.1 Å². The molecule has 0 bridgehead atoms. The molecule has 9 heteroatoms. The van der Waals surface area contributed by atoms with E-state index in [1.807, 2.05) is 0 Å². The average molecular weight is 305 g/mol. The number of hydrogen-bond acceptors (Lipinski definition) is 8. The fourth-order valence-electron chi connectivity index (χ4n) is 1.98. The maximum absolute atomic E-state index is 11.7. The van der Waals surface area contributed by atoms with Crippen LogP contribution < -0.4 is 5.73 Å². The summed E-state index contributed by atoms with van der Waals surface area (Å²) in [4.78, 5) is 18.3. The fourth-order valence-corrected chi connectivity index (χ4v) is 4.20. The number of aromatic nitrogens is 1. The Kier molecular flexibility index (Phi) is 4.07. The number of ether oxygens (including phenoxy) is 1. The predicted octanol–water partition coefficient (Wildman–Crippen LogP) is -0.503. The molecule has 1 aliphatic heterocycles. The van der Waals surface area contributed by atoms with Gasteiger partial charge in [-0.2, -0.15) is 0 Å². The van der Waals surface area contributed by atoms with E-state index in [2.05, 4.69) is 9.72 Å². The molecular formula is C10H15N3O4S2. The number of methoxy groups -OCH3 is 1. The molecule has 0 aromatic carbocycles. The molecule has 2 rings (SSSR count). The monoisotopic (exact) mass is 305 g/mol. The van der Waals surface area contributed by atoms with Gasteiger partial charge in [0.2, 0.25) is 0 Å². The summed E-state index contributed by atoms with van der Waals surface area (Å²) in [6.45, 7) is 0.754. The van der Waals surface area contributed by atoms with E-state index >= 15 is 0 Å². The molecule has 1 saturated heterocycles. The Labute approximate surface area is 115 Å². The fraction of sp³-hybridized carbons (Fsp3) is 0.600. The van der Waals surface area contributed by atoms with Crippen molar-refractivity contribution in [1.29, 1.82) is 0 Å². The van der Waals surface area contributed by atoms with Gasteiger partial charge in [-0.25, -0.2) is 13.4 Å². The molecule has 1 atom stereocenters. The number of esters is 1. The van der Waals surface area contributed by atoms with Gasteiger partial charge in [0, 0.05) is 24.2 Å². The van der Waals surface area contributed by atoms with Crippen molar-refractivity contribution in [1.82, 2.24) is 9.88 Å². The molecule has 1 aromatic rings. The van der Waals surface area contributed by atoms with E-state index in [9.17, 15) is 13.2 Å². The van der Waals surface area contributed by atoms with Crippen LogP contribution in [0.15, 0.2) is 6.20 Å². The first-order valence-electron chi connectivity index (χ1n) is 5.64. The van der Waals surface area contributed by atoms with Crippen molar-refractivity contribution in [3.05, 3.63) is 11.1 Å². The third kappa shape index (κ3) is 3.43. The number of carbonyl (C=O) groups is 1. The summed E-state index contributed by atoms with van der Waals surface area (Å²) in [7, 11) is -1.93. The van der Waals surface area contributed by atoms with Gasteiger partial charge < -0.3 is 10.5 Å². The van der Waals surface area contributed by atoms with Gasteiger partial charge in [-0.1, -0.05) is 0 Å². The molecule has 0 amide bonds. The summed E-state index contributed by atoms with van der Waals surface area (Å²) in [5, 5.41) is 0.453. The SMILES string of the molecule is COC(=O)C1CS(=O)(=O)CCN1Cc1cnc(N)s1. The molecule has 1 aliphatic rings. The molecule has 106 valence electrons. The topological polar surface area (TPSA) is 103 Å². The lowest BCUT2D eigenvalue weighted by Gasteiger charge is -2.32. The molecule has 1 aromatic heterocycles. The molecule has 1 unspecified atom stereocenters. The third-order valence-electron chi connectivity index (χ3n) is 2.95. The van der Waals surface area contributed by atoms with Crippen LogP contribution in [0, 0.1) is 0 Å². The van der Waals surface area contributed by atoms with Gasteiger partial charge in [-0.05, 0) is 0 Å². The van der Waals surface area contributed by atoms with Crippen LogP contribution in [0.1, 0.15) is 4.88 Å². The van der Waals surface area contributed by atoms with Crippen LogP contribution in [0.4, 0.5) is 5.13 Å². The Morgan fingerprint density at radius 3 is 3.00 bits per heavy atom. The minimum atomic E-state index is -3.19. The molecule has 19 heavy (non-hydrogen) atoms. The second kappa shape index (κ2) is 5.43. The minimum absolute atomic E-state index is 0.0504. The lowest BCUT2D eigenvalue weighted by atomic mass is 10.2. The lowest BCUT2D eigenvalue weighted by Crippen LogP contribution is -2.52. The number of nitrogens with two attached hydrogens (primary N) is 1. The van der Waals surface area contributed by atoms with Crippen molar-refractivity contribution in [2.45, 2.75) is 12.6 Å². The first-order chi connectivity index (χ1) is 8.91. The second-order valence-electron chi connectivity index (χ2n) is 4.29. The van der Waals surface area contributed by atoms with Crippen molar-refractivity contribution in [3.8, 4) is 0 Å². The second-order valence-corrected chi connectivity index (χ2v) is 7.66. The summed E-state index contributed by atoms with van der Waals surface area (Å²) in [6.07, 6.45) is 1.64. The summed E-state index contributed by atoms with van der Waals surface area (Å²) >= 11 is 1.33. The van der Waals surface area contributed by atoms with Crippen molar-refractivity contribution >= 4 is 32.3 Å². The minimum Gasteiger partial charge on any atom is -0.468 e. The van der Waals surface area contributed by atoms with Gasteiger partial charge in [-0.3, -0.25) is 9.69 Å². The first-order valence-corrected chi connectivity index (χ1v) is 8.27. The number of carbonyl (C=O) groups excluding carboxylic acids is 1. The number of nitrogens with zero attached hydrogens (tertiary/aromatic N) is 2. The smallest absolute Gasteiger partial charge is 0.324 e. The lowest BCUT2D eigenvalue weighted by molar-refractivity contribution is -0.146. The van der Waals surface area contributed by atoms with Gasteiger partial charge in [-0.15, -0.1) is 11.3 Å². The standard InChI is InChI=1S/C10H15N3O4S2/c1-17-9(14)8-6-19(15,16)3-2-13(8)5-7-4-12-10(11)18-7/h4,8H,2-3,5-6H2,1H3,(H2,11,12). The van der Waals surface area contributed by atoms with E-state index in [4.69, 9.17) is 5.73 Å². The van der Waals surface area contributed by atoms with Gasteiger partial charge in [0.1, 0.15) is 6.04 Å². The highest BCUT2D eigenvalue weighted by molar-refractivity contribution is 7.91. The molecule has 0 radical (unpaired) electrons.